The van der Waals surface area contributed by atoms with E-state index >= 15 is 0 Å². The first kappa shape index (κ1) is 24.6. The molecule has 1 saturated carbocycles. The highest BCUT2D eigenvalue weighted by atomic mass is 35.5. The van der Waals surface area contributed by atoms with Crippen LogP contribution in [0.25, 0.3) is 0 Å². The zero-order valence-electron chi connectivity index (χ0n) is 18.7. The summed E-state index contributed by atoms with van der Waals surface area (Å²) in [6.45, 7) is 2.17. The molecule has 2 amide bonds. The molecule has 1 aliphatic rings. The minimum Gasteiger partial charge on any atom is -0.352 e. The van der Waals surface area contributed by atoms with Crippen LogP contribution in [-0.2, 0) is 22.6 Å². The quantitative estimate of drug-likeness (QED) is 0.471. The van der Waals surface area contributed by atoms with E-state index < -0.39 is 6.04 Å². The monoisotopic (exact) mass is 474 g/mol. The first-order valence-electron chi connectivity index (χ1n) is 11.6. The third kappa shape index (κ3) is 6.73. The summed E-state index contributed by atoms with van der Waals surface area (Å²) in [5.41, 5.74) is 1.68. The molecule has 172 valence electrons. The van der Waals surface area contributed by atoms with Crippen molar-refractivity contribution < 1.29 is 9.59 Å². The van der Waals surface area contributed by atoms with Crippen molar-refractivity contribution in [3.8, 4) is 0 Å². The molecule has 1 fully saturated rings. The van der Waals surface area contributed by atoms with Crippen LogP contribution in [0.4, 0.5) is 0 Å². The summed E-state index contributed by atoms with van der Waals surface area (Å²) in [7, 11) is 0. The minimum atomic E-state index is -0.634. The van der Waals surface area contributed by atoms with Gasteiger partial charge in [-0.25, -0.2) is 0 Å². The summed E-state index contributed by atoms with van der Waals surface area (Å²) >= 11 is 12.9. The van der Waals surface area contributed by atoms with Crippen LogP contribution in [0.5, 0.6) is 0 Å². The highest BCUT2D eigenvalue weighted by Crippen LogP contribution is 2.28. The van der Waals surface area contributed by atoms with E-state index in [2.05, 4.69) is 5.32 Å². The molecular formula is C26H32Cl2N2O2. The maximum atomic E-state index is 13.6. The summed E-state index contributed by atoms with van der Waals surface area (Å²) in [5, 5.41) is 4.23. The van der Waals surface area contributed by atoms with E-state index in [-0.39, 0.29) is 24.4 Å². The number of nitrogens with one attached hydrogen (secondary N) is 1. The standard InChI is InChI=1S/C26H32Cl2N2O2/c1-2-10-25(31)30(18-21-22(27)15-9-16-23(21)28)24(17-19-11-5-3-6-12-19)26(32)29-20-13-7-4-8-14-20/h3,5-6,9,11-12,15-16,20,24H,2,4,7-8,10,13-14,17-18H2,1H3,(H,29,32)/t24-/m0/s1. The number of carbonyl (C=O) groups is 2. The highest BCUT2D eigenvalue weighted by molar-refractivity contribution is 6.36. The van der Waals surface area contributed by atoms with E-state index in [1.165, 1.54) is 6.42 Å². The topological polar surface area (TPSA) is 49.4 Å². The Morgan fingerprint density at radius 3 is 2.28 bits per heavy atom. The molecule has 1 N–H and O–H groups in total. The second kappa shape index (κ2) is 12.3. The normalized spacial score (nSPS) is 15.2. The van der Waals surface area contributed by atoms with Crippen LogP contribution in [0, 0.1) is 0 Å². The fourth-order valence-corrected chi connectivity index (χ4v) is 4.83. The van der Waals surface area contributed by atoms with Gasteiger partial charge in [0.15, 0.2) is 0 Å². The summed E-state index contributed by atoms with van der Waals surface area (Å²) in [5.74, 6) is -0.170. The predicted octanol–water partition coefficient (Wildman–Crippen LogP) is 6.18. The van der Waals surface area contributed by atoms with Gasteiger partial charge in [-0.15, -0.1) is 0 Å². The van der Waals surface area contributed by atoms with Crippen molar-refractivity contribution in [2.45, 2.75) is 76.9 Å². The molecule has 6 heteroatoms. The molecule has 0 unspecified atom stereocenters. The van der Waals surface area contributed by atoms with Gasteiger partial charge in [-0.05, 0) is 37.0 Å². The molecule has 1 aliphatic carbocycles. The maximum Gasteiger partial charge on any atom is 0.243 e. The number of halogens is 2. The Morgan fingerprint density at radius 2 is 1.66 bits per heavy atom. The van der Waals surface area contributed by atoms with Crippen LogP contribution in [0.15, 0.2) is 48.5 Å². The number of rotatable bonds is 9. The molecule has 2 aromatic carbocycles. The Kier molecular flexibility index (Phi) is 9.43. The van der Waals surface area contributed by atoms with E-state index in [0.717, 1.165) is 31.2 Å². The number of nitrogens with zero attached hydrogens (tertiary/aromatic N) is 1. The molecule has 0 saturated heterocycles. The largest absolute Gasteiger partial charge is 0.352 e. The van der Waals surface area contributed by atoms with Gasteiger partial charge >= 0.3 is 0 Å². The summed E-state index contributed by atoms with van der Waals surface area (Å²) in [6, 6.07) is 14.7. The third-order valence-corrected chi connectivity index (χ3v) is 6.78. The lowest BCUT2D eigenvalue weighted by Gasteiger charge is -2.34. The molecule has 3 rings (SSSR count). The molecule has 2 aromatic rings. The van der Waals surface area contributed by atoms with E-state index in [1.807, 2.05) is 37.3 Å². The molecule has 32 heavy (non-hydrogen) atoms. The predicted molar refractivity (Wildman–Crippen MR) is 131 cm³/mol. The summed E-state index contributed by atoms with van der Waals surface area (Å²) in [6.07, 6.45) is 6.96. The van der Waals surface area contributed by atoms with Gasteiger partial charge in [0.1, 0.15) is 6.04 Å². The lowest BCUT2D eigenvalue weighted by atomic mass is 9.94. The lowest BCUT2D eigenvalue weighted by molar-refractivity contribution is -0.141. The minimum absolute atomic E-state index is 0.0665. The molecular weight excluding hydrogens is 443 g/mol. The van der Waals surface area contributed by atoms with Crippen LogP contribution >= 0.6 is 23.2 Å². The number of amides is 2. The van der Waals surface area contributed by atoms with Gasteiger partial charge in [0.2, 0.25) is 11.8 Å². The third-order valence-electron chi connectivity index (χ3n) is 6.08. The maximum absolute atomic E-state index is 13.6. The van der Waals surface area contributed by atoms with Crippen LogP contribution in [-0.4, -0.2) is 28.8 Å². The van der Waals surface area contributed by atoms with Crippen molar-refractivity contribution in [1.29, 1.82) is 0 Å². The van der Waals surface area contributed by atoms with Crippen LogP contribution in [0.1, 0.15) is 63.0 Å². The van der Waals surface area contributed by atoms with Gasteiger partial charge in [0.25, 0.3) is 0 Å². The fourth-order valence-electron chi connectivity index (χ4n) is 4.31. The van der Waals surface area contributed by atoms with Crippen molar-refractivity contribution in [1.82, 2.24) is 10.2 Å². The number of carbonyl (C=O) groups excluding carboxylic acids is 2. The van der Waals surface area contributed by atoms with Gasteiger partial charge in [-0.2, -0.15) is 0 Å². The summed E-state index contributed by atoms with van der Waals surface area (Å²) in [4.78, 5) is 28.5. The SMILES string of the molecule is CCCC(=O)N(Cc1c(Cl)cccc1Cl)[C@@H](Cc1ccccc1)C(=O)NC1CCCCC1. The molecule has 0 aliphatic heterocycles. The molecule has 0 heterocycles. The van der Waals surface area contributed by atoms with E-state index in [9.17, 15) is 9.59 Å². The average molecular weight is 475 g/mol. The Labute approximate surface area is 201 Å². The zero-order chi connectivity index (χ0) is 22.9. The smallest absolute Gasteiger partial charge is 0.243 e. The van der Waals surface area contributed by atoms with E-state index in [1.54, 1.807) is 23.1 Å². The number of benzene rings is 2. The van der Waals surface area contributed by atoms with Gasteiger partial charge in [-0.3, -0.25) is 9.59 Å². The van der Waals surface area contributed by atoms with Crippen molar-refractivity contribution in [2.75, 3.05) is 0 Å². The Morgan fingerprint density at radius 1 is 1.00 bits per heavy atom. The van der Waals surface area contributed by atoms with E-state index in [0.29, 0.717) is 34.9 Å². The van der Waals surface area contributed by atoms with Gasteiger partial charge < -0.3 is 10.2 Å². The van der Waals surface area contributed by atoms with Crippen molar-refractivity contribution in [2.24, 2.45) is 0 Å². The molecule has 1 atom stereocenters. The molecule has 4 nitrogen and oxygen atoms in total. The zero-order valence-corrected chi connectivity index (χ0v) is 20.2. The van der Waals surface area contributed by atoms with Crippen LogP contribution < -0.4 is 5.32 Å². The van der Waals surface area contributed by atoms with Crippen LogP contribution in [0.2, 0.25) is 10.0 Å². The van der Waals surface area contributed by atoms with Gasteiger partial charge in [0, 0.05) is 41.0 Å². The van der Waals surface area contributed by atoms with E-state index in [4.69, 9.17) is 23.2 Å². The summed E-state index contributed by atoms with van der Waals surface area (Å²) < 4.78 is 0. The van der Waals surface area contributed by atoms with Crippen molar-refractivity contribution in [3.63, 3.8) is 0 Å². The first-order valence-corrected chi connectivity index (χ1v) is 12.3. The fraction of sp³-hybridized carbons (Fsp3) is 0.462. The van der Waals surface area contributed by atoms with Crippen molar-refractivity contribution in [3.05, 3.63) is 69.7 Å². The lowest BCUT2D eigenvalue weighted by Crippen LogP contribution is -2.52. The Hall–Kier alpha value is -2.04. The molecule has 0 spiro atoms. The Bertz CT molecular complexity index is 878. The van der Waals surface area contributed by atoms with Crippen molar-refractivity contribution >= 4 is 35.0 Å². The molecule has 0 aromatic heterocycles. The van der Waals surface area contributed by atoms with Gasteiger partial charge in [0.05, 0.1) is 0 Å². The molecule has 0 radical (unpaired) electrons. The average Bonchev–Trinajstić information content (AvgIpc) is 2.79. The van der Waals surface area contributed by atoms with Crippen LogP contribution in [0.3, 0.4) is 0 Å². The molecule has 0 bridgehead atoms. The second-order valence-corrected chi connectivity index (χ2v) is 9.34. The Balaban J connectivity index is 1.93. The van der Waals surface area contributed by atoms with Gasteiger partial charge in [-0.1, -0.05) is 85.8 Å². The number of hydrogen-bond donors (Lipinski definition) is 1. The number of hydrogen-bond acceptors (Lipinski definition) is 2. The first-order chi connectivity index (χ1) is 15.5. The second-order valence-electron chi connectivity index (χ2n) is 8.52. The highest BCUT2D eigenvalue weighted by Gasteiger charge is 2.32.